The summed E-state index contributed by atoms with van der Waals surface area (Å²) in [6.45, 7) is 0.108. The molecular formula is C17H17ClN2O3. The van der Waals surface area contributed by atoms with Gasteiger partial charge in [0.1, 0.15) is 6.26 Å². The predicted molar refractivity (Wildman–Crippen MR) is 86.9 cm³/mol. The van der Waals surface area contributed by atoms with Gasteiger partial charge in [-0.3, -0.25) is 4.79 Å². The summed E-state index contributed by atoms with van der Waals surface area (Å²) in [6, 6.07) is 7.13. The molecule has 1 amide bonds. The Morgan fingerprint density at radius 3 is 2.83 bits per heavy atom. The van der Waals surface area contributed by atoms with Crippen LogP contribution in [0, 0.1) is 5.92 Å². The van der Waals surface area contributed by atoms with Crippen molar-refractivity contribution in [2.75, 3.05) is 6.61 Å². The Morgan fingerprint density at radius 1 is 1.35 bits per heavy atom. The van der Waals surface area contributed by atoms with E-state index in [0.717, 1.165) is 12.0 Å². The SMILES string of the molecule is O=C(Cc1coc(-c2ccc(Cl)cc2)n1)N[C@@H]1C=C[C@H](CO)C1. The van der Waals surface area contributed by atoms with Crippen LogP contribution in [0.15, 0.2) is 47.1 Å². The number of aromatic nitrogens is 1. The fraction of sp³-hybridized carbons (Fsp3) is 0.294. The molecule has 2 N–H and O–H groups in total. The van der Waals surface area contributed by atoms with Gasteiger partial charge in [0.25, 0.3) is 0 Å². The zero-order valence-corrected chi connectivity index (χ0v) is 13.2. The number of benzene rings is 1. The van der Waals surface area contributed by atoms with Crippen molar-refractivity contribution < 1.29 is 14.3 Å². The second-order valence-corrected chi connectivity index (χ2v) is 6.00. The largest absolute Gasteiger partial charge is 0.444 e. The quantitative estimate of drug-likeness (QED) is 0.825. The first-order chi connectivity index (χ1) is 11.1. The van der Waals surface area contributed by atoms with E-state index in [9.17, 15) is 4.79 Å². The molecule has 1 aliphatic rings. The van der Waals surface area contributed by atoms with Gasteiger partial charge in [-0.1, -0.05) is 23.8 Å². The second-order valence-electron chi connectivity index (χ2n) is 5.56. The van der Waals surface area contributed by atoms with Crippen molar-refractivity contribution in [3.05, 3.63) is 53.4 Å². The monoisotopic (exact) mass is 332 g/mol. The van der Waals surface area contributed by atoms with Gasteiger partial charge < -0.3 is 14.8 Å². The van der Waals surface area contributed by atoms with Gasteiger partial charge in [0, 0.05) is 29.2 Å². The Balaban J connectivity index is 1.57. The first-order valence-electron chi connectivity index (χ1n) is 7.43. The molecule has 0 radical (unpaired) electrons. The Hall–Kier alpha value is -2.11. The zero-order chi connectivity index (χ0) is 16.2. The molecule has 1 aromatic heterocycles. The van der Waals surface area contributed by atoms with Crippen molar-refractivity contribution in [2.24, 2.45) is 5.92 Å². The maximum Gasteiger partial charge on any atom is 0.226 e. The minimum absolute atomic E-state index is 0.0257. The molecular weight excluding hydrogens is 316 g/mol. The van der Waals surface area contributed by atoms with Gasteiger partial charge in [-0.2, -0.15) is 0 Å². The van der Waals surface area contributed by atoms with Gasteiger partial charge in [0.2, 0.25) is 11.8 Å². The van der Waals surface area contributed by atoms with E-state index >= 15 is 0 Å². The van der Waals surface area contributed by atoms with Gasteiger partial charge in [0.05, 0.1) is 12.1 Å². The van der Waals surface area contributed by atoms with Gasteiger partial charge in [-0.05, 0) is 30.7 Å². The van der Waals surface area contributed by atoms with Crippen LogP contribution in [0.1, 0.15) is 12.1 Å². The van der Waals surface area contributed by atoms with Crippen LogP contribution in [-0.4, -0.2) is 28.6 Å². The van der Waals surface area contributed by atoms with Crippen molar-refractivity contribution in [2.45, 2.75) is 18.9 Å². The van der Waals surface area contributed by atoms with Crippen LogP contribution < -0.4 is 5.32 Å². The minimum Gasteiger partial charge on any atom is -0.444 e. The number of carbonyl (C=O) groups is 1. The number of carbonyl (C=O) groups excluding carboxylic acids is 1. The fourth-order valence-corrected chi connectivity index (χ4v) is 2.68. The lowest BCUT2D eigenvalue weighted by Gasteiger charge is -2.11. The standard InChI is InChI=1S/C17H17ClN2O3/c18-13-4-2-12(3-5-13)17-20-15(10-23-17)8-16(22)19-14-6-1-11(7-14)9-21/h1-6,10-11,14,21H,7-9H2,(H,19,22)/t11-,14+/m0/s1. The summed E-state index contributed by atoms with van der Waals surface area (Å²) in [5, 5.41) is 12.6. The lowest BCUT2D eigenvalue weighted by molar-refractivity contribution is -0.120. The molecule has 1 aliphatic carbocycles. The highest BCUT2D eigenvalue weighted by molar-refractivity contribution is 6.30. The smallest absolute Gasteiger partial charge is 0.226 e. The lowest BCUT2D eigenvalue weighted by Crippen LogP contribution is -2.34. The number of aliphatic hydroxyl groups is 1. The van der Waals surface area contributed by atoms with E-state index in [4.69, 9.17) is 21.1 Å². The average molecular weight is 333 g/mol. The fourth-order valence-electron chi connectivity index (χ4n) is 2.55. The highest BCUT2D eigenvalue weighted by atomic mass is 35.5. The van der Waals surface area contributed by atoms with Crippen LogP contribution in [0.5, 0.6) is 0 Å². The Kier molecular flexibility index (Phi) is 4.79. The summed E-state index contributed by atoms with van der Waals surface area (Å²) in [6.07, 6.45) is 6.23. The summed E-state index contributed by atoms with van der Waals surface area (Å²) >= 11 is 5.85. The van der Waals surface area contributed by atoms with Crippen molar-refractivity contribution in [1.29, 1.82) is 0 Å². The molecule has 0 fully saturated rings. The van der Waals surface area contributed by atoms with Gasteiger partial charge in [-0.15, -0.1) is 0 Å². The van der Waals surface area contributed by atoms with E-state index in [1.54, 1.807) is 12.1 Å². The highest BCUT2D eigenvalue weighted by Gasteiger charge is 2.20. The average Bonchev–Trinajstić information content (AvgIpc) is 3.17. The van der Waals surface area contributed by atoms with E-state index < -0.39 is 0 Å². The number of nitrogens with zero attached hydrogens (tertiary/aromatic N) is 1. The highest BCUT2D eigenvalue weighted by Crippen LogP contribution is 2.21. The topological polar surface area (TPSA) is 75.4 Å². The molecule has 0 saturated carbocycles. The lowest BCUT2D eigenvalue weighted by atomic mass is 10.1. The van der Waals surface area contributed by atoms with E-state index in [1.807, 2.05) is 24.3 Å². The maximum absolute atomic E-state index is 12.0. The predicted octanol–water partition coefficient (Wildman–Crippen LogP) is 2.59. The molecule has 0 spiro atoms. The van der Waals surface area contributed by atoms with Crippen LogP contribution >= 0.6 is 11.6 Å². The summed E-state index contributed by atoms with van der Waals surface area (Å²) in [4.78, 5) is 16.4. The normalized spacial score (nSPS) is 19.9. The number of amides is 1. The first kappa shape index (κ1) is 15.8. The molecule has 23 heavy (non-hydrogen) atoms. The molecule has 5 nitrogen and oxygen atoms in total. The van der Waals surface area contributed by atoms with Gasteiger partial charge >= 0.3 is 0 Å². The molecule has 6 heteroatoms. The van der Waals surface area contributed by atoms with Crippen LogP contribution in [0.2, 0.25) is 5.02 Å². The molecule has 120 valence electrons. The molecule has 1 aromatic carbocycles. The number of oxazole rings is 1. The molecule has 0 bridgehead atoms. The Labute approximate surface area is 139 Å². The molecule has 2 aromatic rings. The van der Waals surface area contributed by atoms with E-state index in [2.05, 4.69) is 10.3 Å². The minimum atomic E-state index is -0.116. The Morgan fingerprint density at radius 2 is 2.13 bits per heavy atom. The van der Waals surface area contributed by atoms with Crippen molar-refractivity contribution in [3.8, 4) is 11.5 Å². The third-order valence-electron chi connectivity index (χ3n) is 3.74. The van der Waals surface area contributed by atoms with Crippen LogP contribution in [-0.2, 0) is 11.2 Å². The second kappa shape index (κ2) is 6.98. The van der Waals surface area contributed by atoms with Crippen molar-refractivity contribution >= 4 is 17.5 Å². The summed E-state index contributed by atoms with van der Waals surface area (Å²) in [5.74, 6) is 0.476. The molecule has 0 aliphatic heterocycles. The van der Waals surface area contributed by atoms with E-state index in [-0.39, 0.29) is 30.9 Å². The van der Waals surface area contributed by atoms with Gasteiger partial charge in [-0.25, -0.2) is 4.98 Å². The number of rotatable bonds is 5. The molecule has 0 unspecified atom stereocenters. The zero-order valence-electron chi connectivity index (χ0n) is 12.4. The van der Waals surface area contributed by atoms with E-state index in [0.29, 0.717) is 16.6 Å². The summed E-state index contributed by atoms with van der Waals surface area (Å²) in [7, 11) is 0. The molecule has 0 saturated heterocycles. The molecule has 1 heterocycles. The number of nitrogens with one attached hydrogen (secondary N) is 1. The van der Waals surface area contributed by atoms with E-state index in [1.165, 1.54) is 6.26 Å². The summed E-state index contributed by atoms with van der Waals surface area (Å²) in [5.41, 5.74) is 1.39. The third-order valence-corrected chi connectivity index (χ3v) is 3.99. The number of halogens is 1. The van der Waals surface area contributed by atoms with Crippen LogP contribution in [0.3, 0.4) is 0 Å². The first-order valence-corrected chi connectivity index (χ1v) is 7.80. The number of hydrogen-bond donors (Lipinski definition) is 2. The maximum atomic E-state index is 12.0. The van der Waals surface area contributed by atoms with Crippen LogP contribution in [0.25, 0.3) is 11.5 Å². The summed E-state index contributed by atoms with van der Waals surface area (Å²) < 4.78 is 5.41. The number of hydrogen-bond acceptors (Lipinski definition) is 4. The molecule has 2 atom stereocenters. The van der Waals surface area contributed by atoms with Crippen LogP contribution in [0.4, 0.5) is 0 Å². The van der Waals surface area contributed by atoms with Gasteiger partial charge in [0.15, 0.2) is 0 Å². The number of aliphatic hydroxyl groups excluding tert-OH is 1. The Bertz CT molecular complexity index is 709. The van der Waals surface area contributed by atoms with Crippen molar-refractivity contribution in [3.63, 3.8) is 0 Å². The van der Waals surface area contributed by atoms with Crippen molar-refractivity contribution in [1.82, 2.24) is 10.3 Å². The third kappa shape index (κ3) is 4.00. The molecule has 3 rings (SSSR count).